The van der Waals surface area contributed by atoms with Gasteiger partial charge in [-0.05, 0) is 24.7 Å². The molecule has 17 heavy (non-hydrogen) atoms. The minimum atomic E-state index is 0.295. The van der Waals surface area contributed by atoms with Crippen LogP contribution in [-0.4, -0.2) is 28.9 Å². The SMILES string of the molecule is O=C(Cc1cncs1)N1C[C@H]2CCCC[C@H]2C1. The van der Waals surface area contributed by atoms with Crippen LogP contribution in [0.5, 0.6) is 0 Å². The summed E-state index contributed by atoms with van der Waals surface area (Å²) in [6, 6.07) is 0. The van der Waals surface area contributed by atoms with Crippen molar-refractivity contribution in [1.82, 2.24) is 9.88 Å². The van der Waals surface area contributed by atoms with Crippen LogP contribution in [-0.2, 0) is 11.2 Å². The van der Waals surface area contributed by atoms with Crippen LogP contribution in [0.15, 0.2) is 11.7 Å². The maximum absolute atomic E-state index is 12.2. The molecule has 2 fully saturated rings. The largest absolute Gasteiger partial charge is 0.342 e. The van der Waals surface area contributed by atoms with E-state index < -0.39 is 0 Å². The summed E-state index contributed by atoms with van der Waals surface area (Å²) in [6.45, 7) is 2.00. The van der Waals surface area contributed by atoms with Gasteiger partial charge in [0.15, 0.2) is 0 Å². The number of amides is 1. The number of fused-ring (bicyclic) bond motifs is 1. The summed E-state index contributed by atoms with van der Waals surface area (Å²) in [5.41, 5.74) is 1.80. The molecule has 2 heterocycles. The summed E-state index contributed by atoms with van der Waals surface area (Å²) in [4.78, 5) is 19.4. The summed E-state index contributed by atoms with van der Waals surface area (Å²) in [5.74, 6) is 1.87. The van der Waals surface area contributed by atoms with E-state index in [4.69, 9.17) is 0 Å². The average Bonchev–Trinajstić information content (AvgIpc) is 2.96. The maximum atomic E-state index is 12.2. The number of carbonyl (C=O) groups is 1. The fourth-order valence-electron chi connectivity index (χ4n) is 3.20. The number of thiazole rings is 1. The zero-order valence-corrected chi connectivity index (χ0v) is 10.8. The van der Waals surface area contributed by atoms with E-state index >= 15 is 0 Å². The van der Waals surface area contributed by atoms with Crippen molar-refractivity contribution in [2.75, 3.05) is 13.1 Å². The Labute approximate surface area is 106 Å². The number of hydrogen-bond acceptors (Lipinski definition) is 3. The molecule has 3 nitrogen and oxygen atoms in total. The Morgan fingerprint density at radius 3 is 2.65 bits per heavy atom. The Hall–Kier alpha value is -0.900. The molecule has 0 spiro atoms. The van der Waals surface area contributed by atoms with Gasteiger partial charge in [0.25, 0.3) is 0 Å². The molecule has 0 N–H and O–H groups in total. The maximum Gasteiger partial charge on any atom is 0.227 e. The monoisotopic (exact) mass is 250 g/mol. The van der Waals surface area contributed by atoms with Crippen molar-refractivity contribution >= 4 is 17.2 Å². The normalized spacial score (nSPS) is 28.1. The van der Waals surface area contributed by atoms with E-state index in [9.17, 15) is 4.79 Å². The molecule has 1 aliphatic carbocycles. The Balaban J connectivity index is 1.60. The molecule has 4 heteroatoms. The molecular formula is C13H18N2OS. The van der Waals surface area contributed by atoms with Crippen LogP contribution in [0.2, 0.25) is 0 Å². The number of rotatable bonds is 2. The molecule has 0 bridgehead atoms. The molecule has 1 aliphatic heterocycles. The molecule has 1 saturated carbocycles. The second-order valence-electron chi connectivity index (χ2n) is 5.25. The molecule has 0 unspecified atom stereocenters. The minimum absolute atomic E-state index is 0.295. The number of carbonyl (C=O) groups excluding carboxylic acids is 1. The zero-order valence-electron chi connectivity index (χ0n) is 9.97. The fourth-order valence-corrected chi connectivity index (χ4v) is 3.79. The lowest BCUT2D eigenvalue weighted by atomic mass is 9.82. The quantitative estimate of drug-likeness (QED) is 0.807. The number of nitrogens with zero attached hydrogens (tertiary/aromatic N) is 2. The third-order valence-corrected chi connectivity index (χ3v) is 4.92. The van der Waals surface area contributed by atoms with Crippen molar-refractivity contribution in [2.45, 2.75) is 32.1 Å². The molecular weight excluding hydrogens is 232 g/mol. The second kappa shape index (κ2) is 4.77. The molecule has 0 aromatic carbocycles. The van der Waals surface area contributed by atoms with Crippen molar-refractivity contribution in [2.24, 2.45) is 11.8 Å². The van der Waals surface area contributed by atoms with Gasteiger partial charge in [-0.3, -0.25) is 9.78 Å². The number of likely N-dealkylation sites (tertiary alicyclic amines) is 1. The predicted molar refractivity (Wildman–Crippen MR) is 67.8 cm³/mol. The van der Waals surface area contributed by atoms with Gasteiger partial charge in [-0.1, -0.05) is 12.8 Å². The van der Waals surface area contributed by atoms with Crippen LogP contribution in [0, 0.1) is 11.8 Å². The number of hydrogen-bond donors (Lipinski definition) is 0. The van der Waals surface area contributed by atoms with Gasteiger partial charge < -0.3 is 4.90 Å². The van der Waals surface area contributed by atoms with Crippen molar-refractivity contribution in [1.29, 1.82) is 0 Å². The van der Waals surface area contributed by atoms with E-state index in [1.54, 1.807) is 16.8 Å². The fraction of sp³-hybridized carbons (Fsp3) is 0.692. The average molecular weight is 250 g/mol. The first-order chi connectivity index (χ1) is 8.33. The predicted octanol–water partition coefficient (Wildman–Crippen LogP) is 2.33. The Morgan fingerprint density at radius 1 is 1.35 bits per heavy atom. The Morgan fingerprint density at radius 2 is 2.06 bits per heavy atom. The topological polar surface area (TPSA) is 33.2 Å². The summed E-state index contributed by atoms with van der Waals surface area (Å²) in [6.07, 6.45) is 7.73. The highest BCUT2D eigenvalue weighted by Gasteiger charge is 2.36. The number of aromatic nitrogens is 1. The molecule has 2 atom stereocenters. The lowest BCUT2D eigenvalue weighted by Crippen LogP contribution is -2.30. The van der Waals surface area contributed by atoms with Crippen LogP contribution in [0.3, 0.4) is 0 Å². The smallest absolute Gasteiger partial charge is 0.227 e. The van der Waals surface area contributed by atoms with Crippen LogP contribution < -0.4 is 0 Å². The highest BCUT2D eigenvalue weighted by molar-refractivity contribution is 7.09. The van der Waals surface area contributed by atoms with Crippen molar-refractivity contribution < 1.29 is 4.79 Å². The molecule has 1 aromatic rings. The van der Waals surface area contributed by atoms with Gasteiger partial charge in [0.05, 0.1) is 11.9 Å². The molecule has 3 rings (SSSR count). The highest BCUT2D eigenvalue weighted by atomic mass is 32.1. The lowest BCUT2D eigenvalue weighted by Gasteiger charge is -2.22. The molecule has 0 radical (unpaired) electrons. The van der Waals surface area contributed by atoms with E-state index in [0.29, 0.717) is 12.3 Å². The van der Waals surface area contributed by atoms with Crippen molar-refractivity contribution in [3.8, 4) is 0 Å². The van der Waals surface area contributed by atoms with Gasteiger partial charge in [-0.25, -0.2) is 0 Å². The Kier molecular flexibility index (Phi) is 3.14. The van der Waals surface area contributed by atoms with Crippen LogP contribution in [0.25, 0.3) is 0 Å². The molecule has 92 valence electrons. The first-order valence-corrected chi connectivity index (χ1v) is 7.36. The highest BCUT2D eigenvalue weighted by Crippen LogP contribution is 2.36. The summed E-state index contributed by atoms with van der Waals surface area (Å²) in [5, 5.41) is 0. The Bertz CT molecular complexity index is 376. The van der Waals surface area contributed by atoms with E-state index in [1.807, 2.05) is 6.20 Å². The van der Waals surface area contributed by atoms with Crippen LogP contribution in [0.1, 0.15) is 30.6 Å². The standard InChI is InChI=1S/C13H18N2OS/c16-13(5-12-6-14-9-17-12)15-7-10-3-1-2-4-11(10)8-15/h6,9-11H,1-5,7-8H2/t10-,11+. The van der Waals surface area contributed by atoms with Gasteiger partial charge in [-0.2, -0.15) is 0 Å². The van der Waals surface area contributed by atoms with Gasteiger partial charge in [0.2, 0.25) is 5.91 Å². The first-order valence-electron chi connectivity index (χ1n) is 6.48. The molecule has 1 saturated heterocycles. The third kappa shape index (κ3) is 2.37. The summed E-state index contributed by atoms with van der Waals surface area (Å²) >= 11 is 1.58. The molecule has 1 amide bonds. The van der Waals surface area contributed by atoms with Gasteiger partial charge in [0, 0.05) is 24.2 Å². The lowest BCUT2D eigenvalue weighted by molar-refractivity contribution is -0.129. The molecule has 1 aromatic heterocycles. The van der Waals surface area contributed by atoms with E-state index in [2.05, 4.69) is 9.88 Å². The summed E-state index contributed by atoms with van der Waals surface area (Å²) < 4.78 is 0. The summed E-state index contributed by atoms with van der Waals surface area (Å²) in [7, 11) is 0. The van der Waals surface area contributed by atoms with Crippen LogP contribution >= 0.6 is 11.3 Å². The van der Waals surface area contributed by atoms with Crippen LogP contribution in [0.4, 0.5) is 0 Å². The second-order valence-corrected chi connectivity index (χ2v) is 6.22. The minimum Gasteiger partial charge on any atom is -0.342 e. The van der Waals surface area contributed by atoms with Gasteiger partial charge in [0.1, 0.15) is 0 Å². The zero-order chi connectivity index (χ0) is 11.7. The van der Waals surface area contributed by atoms with Gasteiger partial charge in [-0.15, -0.1) is 11.3 Å². The van der Waals surface area contributed by atoms with E-state index in [-0.39, 0.29) is 0 Å². The van der Waals surface area contributed by atoms with E-state index in [1.165, 1.54) is 25.7 Å². The molecule has 2 aliphatic rings. The van der Waals surface area contributed by atoms with E-state index in [0.717, 1.165) is 29.8 Å². The first kappa shape index (κ1) is 11.2. The third-order valence-electron chi connectivity index (χ3n) is 4.14. The van der Waals surface area contributed by atoms with Crippen molar-refractivity contribution in [3.05, 3.63) is 16.6 Å². The van der Waals surface area contributed by atoms with Crippen molar-refractivity contribution in [3.63, 3.8) is 0 Å². The van der Waals surface area contributed by atoms with Gasteiger partial charge >= 0.3 is 0 Å².